The number of carbonyl (C=O) groups is 2. The molecule has 24 heavy (non-hydrogen) atoms. The molecule has 2 amide bonds. The molecule has 1 aromatic rings. The highest BCUT2D eigenvalue weighted by atomic mass is 32.2. The lowest BCUT2D eigenvalue weighted by Gasteiger charge is -2.19. The number of halogens is 3. The van der Waals surface area contributed by atoms with Gasteiger partial charge in [-0.3, -0.25) is 15.8 Å². The summed E-state index contributed by atoms with van der Waals surface area (Å²) in [5.41, 5.74) is 6.19. The van der Waals surface area contributed by atoms with E-state index < -0.39 is 12.1 Å². The van der Waals surface area contributed by atoms with Crippen LogP contribution in [0.1, 0.15) is 0 Å². The predicted octanol–water partition coefficient (Wildman–Crippen LogP) is 2.25. The first-order valence-electron chi connectivity index (χ1n) is 6.41. The van der Waals surface area contributed by atoms with Crippen LogP contribution >= 0.6 is 11.8 Å². The van der Waals surface area contributed by atoms with Crippen LogP contribution in [0.25, 0.3) is 0 Å². The van der Waals surface area contributed by atoms with E-state index in [2.05, 4.69) is 16.9 Å². The van der Waals surface area contributed by atoms with Crippen LogP contribution in [0, 0.1) is 11.3 Å². The third-order valence-electron chi connectivity index (χ3n) is 2.62. The fraction of sp³-hybridized carbons (Fsp3) is 0.308. The summed E-state index contributed by atoms with van der Waals surface area (Å²) in [5, 5.41) is 16.0. The van der Waals surface area contributed by atoms with Gasteiger partial charge in [0.2, 0.25) is 0 Å². The molecule has 1 saturated heterocycles. The van der Waals surface area contributed by atoms with Crippen molar-refractivity contribution in [3.63, 3.8) is 0 Å². The fourth-order valence-electron chi connectivity index (χ4n) is 1.47. The summed E-state index contributed by atoms with van der Waals surface area (Å²) in [6.07, 6.45) is -5.08. The molecular weight excluding hydrogens is 349 g/mol. The molecule has 11 heteroatoms. The number of nitrogens with zero attached hydrogens (tertiary/aromatic N) is 2. The number of aliphatic carboxylic acids is 1. The Kier molecular flexibility index (Phi) is 7.19. The van der Waals surface area contributed by atoms with Gasteiger partial charge in [-0.2, -0.15) is 18.4 Å². The van der Waals surface area contributed by atoms with E-state index in [0.717, 1.165) is 5.69 Å². The molecule has 0 bridgehead atoms. The monoisotopic (exact) mass is 362 g/mol. The summed E-state index contributed by atoms with van der Waals surface area (Å²) in [4.78, 5) is 22.2. The number of carboxylic acids is 1. The Morgan fingerprint density at radius 2 is 1.92 bits per heavy atom. The molecule has 0 spiro atoms. The molecule has 1 unspecified atom stereocenters. The van der Waals surface area contributed by atoms with E-state index in [4.69, 9.17) is 15.2 Å². The largest absolute Gasteiger partial charge is 0.490 e. The Labute approximate surface area is 139 Å². The number of hydrogen-bond acceptors (Lipinski definition) is 5. The molecule has 1 atom stereocenters. The molecule has 2 rings (SSSR count). The van der Waals surface area contributed by atoms with Crippen LogP contribution < -0.4 is 10.9 Å². The van der Waals surface area contributed by atoms with Gasteiger partial charge in [-0.25, -0.2) is 9.59 Å². The molecule has 0 aliphatic carbocycles. The van der Waals surface area contributed by atoms with Crippen LogP contribution in [-0.4, -0.2) is 45.9 Å². The van der Waals surface area contributed by atoms with E-state index in [9.17, 15) is 18.0 Å². The minimum absolute atomic E-state index is 0.273. The number of nitriles is 1. The molecule has 130 valence electrons. The van der Waals surface area contributed by atoms with Crippen molar-refractivity contribution in [1.29, 1.82) is 5.26 Å². The standard InChI is InChI=1S/C11H12N4OS.C2HF3O2/c12-6-10-7-17-8-15(10)11(16)14-13-9-4-2-1-3-5-9;3-2(4,5)1(6)7/h1-5,10,13H,7-8H2,(H,14,16);(H,6,7). The molecule has 3 N–H and O–H groups in total. The maximum Gasteiger partial charge on any atom is 0.490 e. The Balaban J connectivity index is 0.000000351. The van der Waals surface area contributed by atoms with E-state index in [1.54, 1.807) is 11.8 Å². The number of para-hydroxylation sites is 1. The summed E-state index contributed by atoms with van der Waals surface area (Å²) in [6.45, 7) is 0. The lowest BCUT2D eigenvalue weighted by atomic mass is 10.3. The molecule has 7 nitrogen and oxygen atoms in total. The van der Waals surface area contributed by atoms with Gasteiger partial charge in [-0.15, -0.1) is 11.8 Å². The highest BCUT2D eigenvalue weighted by molar-refractivity contribution is 7.99. The zero-order valence-corrected chi connectivity index (χ0v) is 12.9. The van der Waals surface area contributed by atoms with Gasteiger partial charge in [0, 0.05) is 5.75 Å². The first kappa shape index (κ1) is 19.4. The quantitative estimate of drug-likeness (QED) is 0.697. The van der Waals surface area contributed by atoms with Crippen molar-refractivity contribution in [1.82, 2.24) is 10.3 Å². The highest BCUT2D eigenvalue weighted by Gasteiger charge is 2.38. The van der Waals surface area contributed by atoms with Gasteiger partial charge < -0.3 is 5.11 Å². The zero-order chi connectivity index (χ0) is 18.2. The number of carboxylic acid groups (broad SMARTS) is 1. The van der Waals surface area contributed by atoms with Crippen molar-refractivity contribution in [2.75, 3.05) is 17.1 Å². The predicted molar refractivity (Wildman–Crippen MR) is 80.9 cm³/mol. The van der Waals surface area contributed by atoms with Crippen LogP contribution in [0.2, 0.25) is 0 Å². The van der Waals surface area contributed by atoms with Gasteiger partial charge in [0.15, 0.2) is 0 Å². The van der Waals surface area contributed by atoms with E-state index in [1.807, 2.05) is 30.3 Å². The summed E-state index contributed by atoms with van der Waals surface area (Å²) < 4.78 is 31.7. The van der Waals surface area contributed by atoms with Crippen LogP contribution in [0.5, 0.6) is 0 Å². The number of benzene rings is 1. The van der Waals surface area contributed by atoms with Gasteiger partial charge in [0.1, 0.15) is 6.04 Å². The number of carbonyl (C=O) groups excluding carboxylic acids is 1. The molecule has 0 aromatic heterocycles. The number of nitrogens with one attached hydrogen (secondary N) is 2. The molecule has 1 aliphatic rings. The van der Waals surface area contributed by atoms with E-state index >= 15 is 0 Å². The zero-order valence-electron chi connectivity index (χ0n) is 12.1. The van der Waals surface area contributed by atoms with Gasteiger partial charge in [-0.1, -0.05) is 18.2 Å². The maximum absolute atomic E-state index is 11.8. The van der Waals surface area contributed by atoms with E-state index in [1.165, 1.54) is 4.90 Å². The molecule has 1 aromatic carbocycles. The van der Waals surface area contributed by atoms with Crippen LogP contribution in [0.3, 0.4) is 0 Å². The van der Waals surface area contributed by atoms with Gasteiger partial charge in [0.05, 0.1) is 17.6 Å². The number of thioether (sulfide) groups is 1. The number of rotatable bonds is 2. The van der Waals surface area contributed by atoms with Crippen molar-refractivity contribution in [2.45, 2.75) is 12.2 Å². The normalized spacial score (nSPS) is 16.4. The number of alkyl halides is 3. The number of anilines is 1. The van der Waals surface area contributed by atoms with Crippen molar-refractivity contribution in [3.05, 3.63) is 30.3 Å². The molecule has 1 fully saturated rings. The summed E-state index contributed by atoms with van der Waals surface area (Å²) in [7, 11) is 0. The summed E-state index contributed by atoms with van der Waals surface area (Å²) in [5.74, 6) is -1.53. The second kappa shape index (κ2) is 8.88. The Morgan fingerprint density at radius 1 is 1.33 bits per heavy atom. The third-order valence-corrected chi connectivity index (χ3v) is 3.63. The number of urea groups is 1. The number of hydrazine groups is 1. The van der Waals surface area contributed by atoms with Crippen LogP contribution in [-0.2, 0) is 4.79 Å². The van der Waals surface area contributed by atoms with Crippen LogP contribution in [0.15, 0.2) is 30.3 Å². The average Bonchev–Trinajstić information content (AvgIpc) is 3.02. The summed E-state index contributed by atoms with van der Waals surface area (Å²) >= 11 is 1.58. The van der Waals surface area contributed by atoms with Gasteiger partial charge in [0.25, 0.3) is 0 Å². The lowest BCUT2D eigenvalue weighted by Crippen LogP contribution is -2.45. The Bertz CT molecular complexity index is 607. The van der Waals surface area contributed by atoms with E-state index in [0.29, 0.717) is 11.6 Å². The first-order valence-corrected chi connectivity index (χ1v) is 7.56. The smallest absolute Gasteiger partial charge is 0.475 e. The second-order valence-corrected chi connectivity index (χ2v) is 5.34. The number of hydrogen-bond donors (Lipinski definition) is 3. The minimum Gasteiger partial charge on any atom is -0.475 e. The minimum atomic E-state index is -5.08. The van der Waals surface area contributed by atoms with Crippen LogP contribution in [0.4, 0.5) is 23.7 Å². The molecule has 1 heterocycles. The average molecular weight is 362 g/mol. The Hall–Kier alpha value is -2.61. The van der Waals surface area contributed by atoms with Crippen molar-refractivity contribution < 1.29 is 27.9 Å². The van der Waals surface area contributed by atoms with Crippen molar-refractivity contribution >= 4 is 29.4 Å². The topological polar surface area (TPSA) is 105 Å². The molecule has 0 radical (unpaired) electrons. The molecule has 0 saturated carbocycles. The Morgan fingerprint density at radius 3 is 2.42 bits per heavy atom. The van der Waals surface area contributed by atoms with Gasteiger partial charge in [-0.05, 0) is 12.1 Å². The van der Waals surface area contributed by atoms with Crippen molar-refractivity contribution in [2.24, 2.45) is 0 Å². The highest BCUT2D eigenvalue weighted by Crippen LogP contribution is 2.20. The molecular formula is C13H13F3N4O3S. The SMILES string of the molecule is N#CC1CSCN1C(=O)NNc1ccccc1.O=C(O)C(F)(F)F. The van der Waals surface area contributed by atoms with Crippen molar-refractivity contribution in [3.8, 4) is 6.07 Å². The second-order valence-electron chi connectivity index (χ2n) is 4.34. The lowest BCUT2D eigenvalue weighted by molar-refractivity contribution is -0.192. The third kappa shape index (κ3) is 6.25. The van der Waals surface area contributed by atoms with Gasteiger partial charge >= 0.3 is 18.2 Å². The fourth-order valence-corrected chi connectivity index (χ4v) is 2.55. The number of amides is 2. The summed E-state index contributed by atoms with van der Waals surface area (Å²) in [6, 6.07) is 10.8. The first-order chi connectivity index (χ1) is 11.3. The molecule has 1 aliphatic heterocycles. The van der Waals surface area contributed by atoms with E-state index in [-0.39, 0.29) is 12.1 Å². The maximum atomic E-state index is 11.8.